The zero-order valence-corrected chi connectivity index (χ0v) is 11.1. The lowest BCUT2D eigenvalue weighted by Gasteiger charge is -2.31. The van der Waals surface area contributed by atoms with E-state index in [-0.39, 0.29) is 37.4 Å². The maximum Gasteiger partial charge on any atom is 0.244 e. The molecule has 0 unspecified atom stereocenters. The van der Waals surface area contributed by atoms with E-state index in [9.17, 15) is 14.4 Å². The lowest BCUT2D eigenvalue weighted by atomic mass is 10.2. The van der Waals surface area contributed by atoms with E-state index in [1.54, 1.807) is 31.3 Å². The molecular weight excluding hydrogens is 260 g/mol. The monoisotopic (exact) mass is 276 g/mol. The molecule has 0 aromatic heterocycles. The van der Waals surface area contributed by atoms with Crippen molar-refractivity contribution in [2.75, 3.05) is 37.7 Å². The second kappa shape index (κ2) is 5.60. The van der Waals surface area contributed by atoms with Crippen molar-refractivity contribution in [1.29, 1.82) is 0 Å². The Morgan fingerprint density at radius 2 is 1.95 bits per heavy atom. The molecule has 1 aliphatic rings. The summed E-state index contributed by atoms with van der Waals surface area (Å²) in [5.74, 6) is -0.812. The normalized spacial score (nSPS) is 15.4. The van der Waals surface area contributed by atoms with E-state index in [4.69, 9.17) is 5.73 Å². The Balaban J connectivity index is 1.96. The lowest BCUT2D eigenvalue weighted by molar-refractivity contribution is -0.149. The number of para-hydroxylation sites is 2. The minimum absolute atomic E-state index is 0.000408. The number of piperazine rings is 1. The number of nitrogen functional groups attached to an aromatic ring is 1. The van der Waals surface area contributed by atoms with Gasteiger partial charge in [-0.2, -0.15) is 0 Å². The van der Waals surface area contributed by atoms with E-state index in [1.165, 1.54) is 9.80 Å². The summed E-state index contributed by atoms with van der Waals surface area (Å²) in [7, 11) is 1.56. The summed E-state index contributed by atoms with van der Waals surface area (Å²) in [5.41, 5.74) is 6.65. The molecule has 1 saturated heterocycles. The summed E-state index contributed by atoms with van der Waals surface area (Å²) >= 11 is 0. The highest BCUT2D eigenvalue weighted by Crippen LogP contribution is 2.16. The molecule has 3 amide bonds. The number of likely N-dealkylation sites (N-methyl/N-ethyl adjacent to an activating group) is 1. The predicted molar refractivity (Wildman–Crippen MR) is 73.7 cm³/mol. The first-order chi connectivity index (χ1) is 9.47. The molecular formula is C13H16N4O3. The minimum Gasteiger partial charge on any atom is -0.397 e. The molecule has 106 valence electrons. The highest BCUT2D eigenvalue weighted by Gasteiger charge is 2.28. The quantitative estimate of drug-likeness (QED) is 0.728. The van der Waals surface area contributed by atoms with E-state index in [1.807, 2.05) is 0 Å². The van der Waals surface area contributed by atoms with E-state index in [0.29, 0.717) is 11.4 Å². The van der Waals surface area contributed by atoms with Crippen molar-refractivity contribution < 1.29 is 14.4 Å². The van der Waals surface area contributed by atoms with Crippen LogP contribution in [0.3, 0.4) is 0 Å². The van der Waals surface area contributed by atoms with Gasteiger partial charge in [0.2, 0.25) is 17.7 Å². The van der Waals surface area contributed by atoms with Gasteiger partial charge in [-0.15, -0.1) is 0 Å². The van der Waals surface area contributed by atoms with Gasteiger partial charge in [0.25, 0.3) is 0 Å². The molecule has 2 rings (SSSR count). The number of hydrogen-bond donors (Lipinski definition) is 2. The molecule has 7 heteroatoms. The van der Waals surface area contributed by atoms with Crippen LogP contribution in [0.5, 0.6) is 0 Å². The van der Waals surface area contributed by atoms with Gasteiger partial charge in [0.05, 0.1) is 17.9 Å². The number of carbonyl (C=O) groups excluding carboxylic acids is 3. The molecule has 1 aromatic rings. The number of rotatable bonds is 3. The van der Waals surface area contributed by atoms with E-state index >= 15 is 0 Å². The van der Waals surface area contributed by atoms with Crippen LogP contribution in [0.2, 0.25) is 0 Å². The topological polar surface area (TPSA) is 95.7 Å². The Labute approximate surface area is 116 Å². The Morgan fingerprint density at radius 3 is 2.65 bits per heavy atom. The van der Waals surface area contributed by atoms with Crippen LogP contribution >= 0.6 is 0 Å². The zero-order valence-electron chi connectivity index (χ0n) is 11.1. The minimum atomic E-state index is -0.381. The molecule has 1 heterocycles. The molecule has 1 aromatic carbocycles. The van der Waals surface area contributed by atoms with Crippen molar-refractivity contribution in [3.8, 4) is 0 Å². The maximum absolute atomic E-state index is 11.9. The number of benzene rings is 1. The smallest absolute Gasteiger partial charge is 0.244 e. The highest BCUT2D eigenvalue weighted by molar-refractivity contribution is 5.99. The van der Waals surface area contributed by atoms with Crippen LogP contribution in [0, 0.1) is 0 Å². The van der Waals surface area contributed by atoms with Gasteiger partial charge in [-0.05, 0) is 12.1 Å². The van der Waals surface area contributed by atoms with Crippen molar-refractivity contribution >= 4 is 29.1 Å². The van der Waals surface area contributed by atoms with Crippen LogP contribution in [0.25, 0.3) is 0 Å². The summed E-state index contributed by atoms with van der Waals surface area (Å²) in [6.45, 7) is -0.237. The first kappa shape index (κ1) is 13.9. The predicted octanol–water partition coefficient (Wildman–Crippen LogP) is -0.492. The van der Waals surface area contributed by atoms with E-state index in [0.717, 1.165) is 0 Å². The van der Waals surface area contributed by atoms with Crippen LogP contribution in [0.4, 0.5) is 11.4 Å². The largest absolute Gasteiger partial charge is 0.397 e. The molecule has 0 aliphatic carbocycles. The van der Waals surface area contributed by atoms with Gasteiger partial charge in [0.1, 0.15) is 13.1 Å². The first-order valence-electron chi connectivity index (χ1n) is 6.13. The average molecular weight is 276 g/mol. The number of nitrogens with one attached hydrogen (secondary N) is 1. The Hall–Kier alpha value is -2.57. The second-order valence-electron chi connectivity index (χ2n) is 4.64. The molecule has 20 heavy (non-hydrogen) atoms. The fourth-order valence-corrected chi connectivity index (χ4v) is 1.88. The number of amides is 3. The third-order valence-electron chi connectivity index (χ3n) is 3.05. The van der Waals surface area contributed by atoms with Gasteiger partial charge in [-0.1, -0.05) is 12.1 Å². The van der Waals surface area contributed by atoms with E-state index < -0.39 is 0 Å². The number of nitrogens with two attached hydrogens (primary N) is 1. The summed E-state index contributed by atoms with van der Waals surface area (Å²) in [5, 5.41) is 2.62. The molecule has 1 aliphatic heterocycles. The molecule has 0 saturated carbocycles. The van der Waals surface area contributed by atoms with Crippen LogP contribution in [-0.2, 0) is 14.4 Å². The summed E-state index contributed by atoms with van der Waals surface area (Å²) in [6, 6.07) is 6.84. The fraction of sp³-hybridized carbons (Fsp3) is 0.308. The van der Waals surface area contributed by atoms with Crippen LogP contribution in [-0.4, -0.2) is 54.2 Å². The third kappa shape index (κ3) is 3.05. The number of nitrogens with zero attached hydrogens (tertiary/aromatic N) is 2. The van der Waals surface area contributed by atoms with Crippen LogP contribution < -0.4 is 11.1 Å². The first-order valence-corrected chi connectivity index (χ1v) is 6.13. The van der Waals surface area contributed by atoms with Gasteiger partial charge in [0.15, 0.2) is 0 Å². The second-order valence-corrected chi connectivity index (χ2v) is 4.64. The van der Waals surface area contributed by atoms with Gasteiger partial charge in [-0.3, -0.25) is 14.4 Å². The van der Waals surface area contributed by atoms with Crippen LogP contribution in [0.15, 0.2) is 24.3 Å². The van der Waals surface area contributed by atoms with Gasteiger partial charge in [-0.25, -0.2) is 0 Å². The van der Waals surface area contributed by atoms with E-state index in [2.05, 4.69) is 5.32 Å². The lowest BCUT2D eigenvalue weighted by Crippen LogP contribution is -2.54. The van der Waals surface area contributed by atoms with Crippen LogP contribution in [0.1, 0.15) is 0 Å². The molecule has 0 atom stereocenters. The van der Waals surface area contributed by atoms with Gasteiger partial charge < -0.3 is 20.9 Å². The number of carbonyl (C=O) groups is 3. The number of anilines is 2. The SMILES string of the molecule is CN1CC(=O)N(CC(=O)Nc2ccccc2N)CC1=O. The number of hydrogen-bond acceptors (Lipinski definition) is 4. The third-order valence-corrected chi connectivity index (χ3v) is 3.05. The molecule has 0 bridgehead atoms. The molecule has 0 spiro atoms. The summed E-state index contributed by atoms with van der Waals surface area (Å²) in [4.78, 5) is 37.7. The fourth-order valence-electron chi connectivity index (χ4n) is 1.88. The van der Waals surface area contributed by atoms with Crippen molar-refractivity contribution in [2.45, 2.75) is 0 Å². The van der Waals surface area contributed by atoms with Gasteiger partial charge in [0, 0.05) is 7.05 Å². The van der Waals surface area contributed by atoms with Gasteiger partial charge >= 0.3 is 0 Å². The zero-order chi connectivity index (χ0) is 14.7. The van der Waals surface area contributed by atoms with Crippen molar-refractivity contribution in [3.05, 3.63) is 24.3 Å². The molecule has 1 fully saturated rings. The van der Waals surface area contributed by atoms with Crippen molar-refractivity contribution in [2.24, 2.45) is 0 Å². The average Bonchev–Trinajstić information content (AvgIpc) is 2.39. The summed E-state index contributed by atoms with van der Waals surface area (Å²) < 4.78 is 0. The highest BCUT2D eigenvalue weighted by atomic mass is 16.2. The molecule has 0 radical (unpaired) electrons. The van der Waals surface area contributed by atoms with Crippen molar-refractivity contribution in [1.82, 2.24) is 9.80 Å². The molecule has 3 N–H and O–H groups in total. The Bertz CT molecular complexity index is 558. The van der Waals surface area contributed by atoms with Crippen molar-refractivity contribution in [3.63, 3.8) is 0 Å². The Kier molecular flexibility index (Phi) is 3.88. The molecule has 7 nitrogen and oxygen atoms in total. The standard InChI is InChI=1S/C13H16N4O3/c1-16-7-13(20)17(8-12(16)19)6-11(18)15-10-5-3-2-4-9(10)14/h2-5H,6-8,14H2,1H3,(H,15,18). The summed E-state index contributed by atoms with van der Waals surface area (Å²) in [6.07, 6.45) is 0. The Morgan fingerprint density at radius 1 is 1.25 bits per heavy atom. The maximum atomic E-state index is 11.9.